The van der Waals surface area contributed by atoms with Crippen molar-refractivity contribution in [2.24, 2.45) is 0 Å². The van der Waals surface area contributed by atoms with Crippen LogP contribution in [0.3, 0.4) is 0 Å². The van der Waals surface area contributed by atoms with Gasteiger partial charge in [-0.3, -0.25) is 4.79 Å². The summed E-state index contributed by atoms with van der Waals surface area (Å²) in [6.45, 7) is 5.78. The van der Waals surface area contributed by atoms with Crippen molar-refractivity contribution in [3.63, 3.8) is 0 Å². The van der Waals surface area contributed by atoms with E-state index >= 15 is 0 Å². The van der Waals surface area contributed by atoms with Crippen LogP contribution >= 0.6 is 0 Å². The number of aliphatic carboxylic acids is 1. The molecule has 0 aromatic heterocycles. The molecule has 0 bridgehead atoms. The van der Waals surface area contributed by atoms with Gasteiger partial charge in [0.05, 0.1) is 0 Å². The molecule has 1 aromatic carbocycles. The van der Waals surface area contributed by atoms with E-state index in [0.29, 0.717) is 6.42 Å². The molecule has 0 saturated heterocycles. The number of rotatable bonds is 4. The summed E-state index contributed by atoms with van der Waals surface area (Å²) in [5.41, 5.74) is 1.07. The number of hydrogen-bond donors (Lipinski definition) is 1. The molecule has 1 rings (SSSR count). The molecule has 0 amide bonds. The van der Waals surface area contributed by atoms with Crippen LogP contribution < -0.4 is 0 Å². The molecule has 0 saturated carbocycles. The third-order valence-corrected chi connectivity index (χ3v) is 1.84. The van der Waals surface area contributed by atoms with E-state index in [1.165, 1.54) is 0 Å². The van der Waals surface area contributed by atoms with Crippen LogP contribution in [0.15, 0.2) is 30.3 Å². The quantitative estimate of drug-likeness (QED) is 0.491. The second kappa shape index (κ2) is 12.4. The van der Waals surface area contributed by atoms with E-state index in [2.05, 4.69) is 13.8 Å². The first-order valence-electron chi connectivity index (χ1n) is 5.25. The SMILES string of the molecule is CCCCCC(=O)O.[CH2-]c1ccccc1.[Mg+2]. The molecule has 0 radical (unpaired) electrons. The topological polar surface area (TPSA) is 37.3 Å². The molecule has 0 spiro atoms. The minimum absolute atomic E-state index is 0. The molecular weight excluding hydrogens is 212 g/mol. The van der Waals surface area contributed by atoms with Crippen molar-refractivity contribution < 1.29 is 9.90 Å². The molecule has 0 aliphatic rings. The third-order valence-electron chi connectivity index (χ3n) is 1.84. The fourth-order valence-corrected chi connectivity index (χ4v) is 1.00. The molecule has 3 heteroatoms. The average Bonchev–Trinajstić information content (AvgIpc) is 2.20. The normalized spacial score (nSPS) is 8.31. The van der Waals surface area contributed by atoms with Gasteiger partial charge in [0.15, 0.2) is 0 Å². The van der Waals surface area contributed by atoms with Crippen LogP contribution in [0.1, 0.15) is 38.2 Å². The molecule has 84 valence electrons. The molecule has 0 aliphatic heterocycles. The Bertz CT molecular complexity index is 260. The van der Waals surface area contributed by atoms with Crippen LogP contribution in [0.25, 0.3) is 0 Å². The van der Waals surface area contributed by atoms with Gasteiger partial charge in [-0.2, -0.15) is 24.6 Å². The van der Waals surface area contributed by atoms with Gasteiger partial charge in [-0.15, -0.1) is 12.1 Å². The number of carbonyl (C=O) groups is 1. The predicted octanol–water partition coefficient (Wildman–Crippen LogP) is 3.14. The van der Waals surface area contributed by atoms with Gasteiger partial charge >= 0.3 is 29.0 Å². The zero-order valence-electron chi connectivity index (χ0n) is 9.98. The van der Waals surface area contributed by atoms with Crippen LogP contribution in [0.4, 0.5) is 0 Å². The Labute approximate surface area is 114 Å². The van der Waals surface area contributed by atoms with Crippen molar-refractivity contribution in [2.45, 2.75) is 32.6 Å². The fraction of sp³-hybridized carbons (Fsp3) is 0.385. The Morgan fingerprint density at radius 2 is 1.81 bits per heavy atom. The molecule has 0 aliphatic carbocycles. The number of unbranched alkanes of at least 4 members (excludes halogenated alkanes) is 2. The molecule has 0 heterocycles. The standard InChI is InChI=1S/C7H7.C6H12O2.Mg/c1-7-5-3-2-4-6-7;1-2-3-4-5-6(7)8;/h2-6H,1H2;2-5H2,1H3,(H,7,8);/q-1;;+2. The maximum Gasteiger partial charge on any atom is 2.00 e. The molecule has 0 unspecified atom stereocenters. The Morgan fingerprint density at radius 3 is 2.12 bits per heavy atom. The van der Waals surface area contributed by atoms with Crippen molar-refractivity contribution in [3.05, 3.63) is 42.8 Å². The van der Waals surface area contributed by atoms with Gasteiger partial charge < -0.3 is 5.11 Å². The Morgan fingerprint density at radius 1 is 1.25 bits per heavy atom. The second-order valence-electron chi connectivity index (χ2n) is 3.34. The predicted molar refractivity (Wildman–Crippen MR) is 68.4 cm³/mol. The first-order valence-corrected chi connectivity index (χ1v) is 5.25. The van der Waals surface area contributed by atoms with E-state index in [1.807, 2.05) is 30.3 Å². The summed E-state index contributed by atoms with van der Waals surface area (Å²) in [6.07, 6.45) is 3.28. The van der Waals surface area contributed by atoms with Crippen LogP contribution in [0.5, 0.6) is 0 Å². The van der Waals surface area contributed by atoms with Gasteiger partial charge in [-0.1, -0.05) is 25.8 Å². The first kappa shape index (κ1) is 17.7. The summed E-state index contributed by atoms with van der Waals surface area (Å²) in [7, 11) is 0. The van der Waals surface area contributed by atoms with Crippen LogP contribution in [-0.4, -0.2) is 34.1 Å². The molecule has 1 N–H and O–H groups in total. The molecule has 1 aromatic rings. The number of benzene rings is 1. The maximum absolute atomic E-state index is 9.87. The summed E-state index contributed by atoms with van der Waals surface area (Å²) in [5.74, 6) is -0.682. The van der Waals surface area contributed by atoms with Crippen molar-refractivity contribution in [1.29, 1.82) is 0 Å². The largest absolute Gasteiger partial charge is 2.00 e. The van der Waals surface area contributed by atoms with Crippen molar-refractivity contribution in [2.75, 3.05) is 0 Å². The summed E-state index contributed by atoms with van der Waals surface area (Å²) >= 11 is 0. The van der Waals surface area contributed by atoms with Gasteiger partial charge in [0, 0.05) is 6.42 Å². The zero-order chi connectivity index (χ0) is 11.5. The van der Waals surface area contributed by atoms with E-state index in [9.17, 15) is 4.79 Å². The molecule has 16 heavy (non-hydrogen) atoms. The Balaban J connectivity index is 0. The number of carboxylic acid groups (broad SMARTS) is 1. The average molecular weight is 232 g/mol. The summed E-state index contributed by atoms with van der Waals surface area (Å²) in [5, 5.41) is 8.14. The van der Waals surface area contributed by atoms with Crippen LogP contribution in [-0.2, 0) is 4.79 Å². The van der Waals surface area contributed by atoms with Crippen LogP contribution in [0.2, 0.25) is 0 Å². The van der Waals surface area contributed by atoms with E-state index < -0.39 is 5.97 Å². The van der Waals surface area contributed by atoms with Gasteiger partial charge in [0.25, 0.3) is 0 Å². The summed E-state index contributed by atoms with van der Waals surface area (Å²) in [4.78, 5) is 9.87. The third kappa shape index (κ3) is 13.3. The van der Waals surface area contributed by atoms with E-state index in [-0.39, 0.29) is 23.1 Å². The molecule has 2 nitrogen and oxygen atoms in total. The first-order chi connectivity index (χ1) is 7.16. The smallest absolute Gasteiger partial charge is 0.481 e. The van der Waals surface area contributed by atoms with Crippen molar-refractivity contribution in [3.8, 4) is 0 Å². The van der Waals surface area contributed by atoms with E-state index in [1.54, 1.807) is 0 Å². The van der Waals surface area contributed by atoms with E-state index in [4.69, 9.17) is 5.11 Å². The van der Waals surface area contributed by atoms with Crippen LogP contribution in [0, 0.1) is 6.92 Å². The van der Waals surface area contributed by atoms with Gasteiger partial charge in [-0.05, 0) is 6.42 Å². The van der Waals surface area contributed by atoms with Gasteiger partial charge in [0.1, 0.15) is 0 Å². The fourth-order valence-electron chi connectivity index (χ4n) is 1.00. The van der Waals surface area contributed by atoms with Crippen molar-refractivity contribution >= 4 is 29.0 Å². The Kier molecular flexibility index (Phi) is 13.7. The maximum atomic E-state index is 9.87. The summed E-state index contributed by atoms with van der Waals surface area (Å²) < 4.78 is 0. The zero-order valence-corrected chi connectivity index (χ0v) is 11.4. The number of hydrogen-bond acceptors (Lipinski definition) is 1. The molecule has 0 fully saturated rings. The molecule has 0 atom stereocenters. The van der Waals surface area contributed by atoms with E-state index in [0.717, 1.165) is 24.8 Å². The minimum atomic E-state index is -0.682. The minimum Gasteiger partial charge on any atom is -0.481 e. The van der Waals surface area contributed by atoms with Gasteiger partial charge in [0.2, 0.25) is 0 Å². The van der Waals surface area contributed by atoms with Crippen molar-refractivity contribution in [1.82, 2.24) is 0 Å². The molecular formula is C13H19MgO2+. The number of carboxylic acids is 1. The summed E-state index contributed by atoms with van der Waals surface area (Å²) in [6, 6.07) is 9.87. The Hall–Kier alpha value is -0.674. The van der Waals surface area contributed by atoms with Gasteiger partial charge in [-0.25, -0.2) is 0 Å². The monoisotopic (exact) mass is 231 g/mol. The second-order valence-corrected chi connectivity index (χ2v) is 3.34.